The van der Waals surface area contributed by atoms with Crippen molar-refractivity contribution in [3.05, 3.63) is 35.4 Å². The molecule has 5 aliphatic rings. The monoisotopic (exact) mass is 479 g/mol. The summed E-state index contributed by atoms with van der Waals surface area (Å²) in [5.74, 6) is 0.451. The molecule has 4 aliphatic heterocycles. The van der Waals surface area contributed by atoms with Gasteiger partial charge < -0.3 is 19.9 Å². The lowest BCUT2D eigenvalue weighted by Gasteiger charge is -2.51. The van der Waals surface area contributed by atoms with E-state index in [4.69, 9.17) is 4.74 Å². The number of piperidine rings is 2. The quantitative estimate of drug-likeness (QED) is 0.691. The molecule has 6 heteroatoms. The van der Waals surface area contributed by atoms with Crippen molar-refractivity contribution in [3.63, 3.8) is 0 Å². The van der Waals surface area contributed by atoms with Crippen molar-refractivity contribution in [3.8, 4) is 0 Å². The number of nitrogens with one attached hydrogen (secondary N) is 1. The minimum absolute atomic E-state index is 0.0879. The lowest BCUT2D eigenvalue weighted by Crippen LogP contribution is -2.62. The van der Waals surface area contributed by atoms with Crippen molar-refractivity contribution >= 4 is 11.8 Å². The number of nitrogens with zero attached hydrogens (tertiary/aromatic N) is 2. The molecule has 4 heterocycles. The summed E-state index contributed by atoms with van der Waals surface area (Å²) in [5, 5.41) is 3.44. The number of carbonyl (C=O) groups is 2. The molecule has 1 aromatic rings. The van der Waals surface area contributed by atoms with Crippen molar-refractivity contribution in [1.29, 1.82) is 0 Å². The van der Waals surface area contributed by atoms with E-state index in [1.807, 2.05) is 24.3 Å². The van der Waals surface area contributed by atoms with Crippen molar-refractivity contribution in [1.82, 2.24) is 15.1 Å². The average molecular weight is 480 g/mol. The van der Waals surface area contributed by atoms with E-state index in [9.17, 15) is 9.59 Å². The van der Waals surface area contributed by atoms with E-state index in [1.165, 1.54) is 45.2 Å². The van der Waals surface area contributed by atoms with Crippen molar-refractivity contribution in [2.24, 2.45) is 5.92 Å². The first-order valence-corrected chi connectivity index (χ1v) is 14.2. The van der Waals surface area contributed by atoms with Crippen molar-refractivity contribution < 1.29 is 14.3 Å². The molecule has 4 atom stereocenters. The van der Waals surface area contributed by atoms with E-state index >= 15 is 0 Å². The largest absolute Gasteiger partial charge is 0.376 e. The Morgan fingerprint density at radius 3 is 2.66 bits per heavy atom. The zero-order valence-corrected chi connectivity index (χ0v) is 21.1. The average Bonchev–Trinajstić information content (AvgIpc) is 3.58. The second-order valence-corrected chi connectivity index (χ2v) is 11.6. The van der Waals surface area contributed by atoms with Crippen LogP contribution in [0.1, 0.15) is 92.5 Å². The number of benzene rings is 1. The third kappa shape index (κ3) is 4.21. The summed E-state index contributed by atoms with van der Waals surface area (Å²) in [7, 11) is 0. The number of hydrogen-bond acceptors (Lipinski definition) is 4. The van der Waals surface area contributed by atoms with Gasteiger partial charge in [0, 0.05) is 31.3 Å². The molecule has 0 radical (unpaired) electrons. The van der Waals surface area contributed by atoms with Crippen LogP contribution in [-0.4, -0.2) is 72.1 Å². The highest BCUT2D eigenvalue weighted by Gasteiger charge is 2.56. The van der Waals surface area contributed by atoms with Crippen LogP contribution in [0.15, 0.2) is 24.3 Å². The van der Waals surface area contributed by atoms with Crippen molar-refractivity contribution in [2.75, 3.05) is 32.8 Å². The number of amides is 2. The lowest BCUT2D eigenvalue weighted by atomic mass is 9.70. The topological polar surface area (TPSA) is 61.9 Å². The number of hydrogen-bond donors (Lipinski definition) is 1. The maximum atomic E-state index is 14.1. The molecule has 1 aliphatic carbocycles. The van der Waals surface area contributed by atoms with Crippen LogP contribution in [0.2, 0.25) is 0 Å². The van der Waals surface area contributed by atoms with Crippen LogP contribution in [-0.2, 0) is 9.53 Å². The smallest absolute Gasteiger partial charge is 0.254 e. The second-order valence-electron chi connectivity index (χ2n) is 11.6. The first kappa shape index (κ1) is 23.5. The standard InChI is InChI=1S/C29H41N3O3/c33-27(30-19-21-9-7-17-31-16-6-3-13-25(21)31)26-23-11-1-2-12-24(23)28(34)32(20-22-10-8-18-35-22)29(26)14-4-5-15-29/h1-2,11-12,21-22,25-26H,3-10,13-20H2,(H,30,33)/t21-,22+,25-,26-/m1/s1. The van der Waals surface area contributed by atoms with Crippen LogP contribution in [0.25, 0.3) is 0 Å². The lowest BCUT2D eigenvalue weighted by molar-refractivity contribution is -0.127. The Morgan fingerprint density at radius 1 is 1.00 bits per heavy atom. The maximum absolute atomic E-state index is 14.1. The van der Waals surface area contributed by atoms with Gasteiger partial charge in [0.05, 0.1) is 17.6 Å². The van der Waals surface area contributed by atoms with E-state index in [1.54, 1.807) is 0 Å². The Balaban J connectivity index is 1.28. The van der Waals surface area contributed by atoms with Gasteiger partial charge in [-0.25, -0.2) is 0 Å². The van der Waals surface area contributed by atoms with Gasteiger partial charge in [0.15, 0.2) is 0 Å². The Morgan fingerprint density at radius 2 is 1.83 bits per heavy atom. The molecule has 6 rings (SSSR count). The van der Waals surface area contributed by atoms with Gasteiger partial charge in [-0.1, -0.05) is 37.5 Å². The van der Waals surface area contributed by atoms with E-state index in [0.29, 0.717) is 24.1 Å². The van der Waals surface area contributed by atoms with Crippen LogP contribution < -0.4 is 5.32 Å². The van der Waals surface area contributed by atoms with Crippen LogP contribution in [0.4, 0.5) is 0 Å². The predicted molar refractivity (Wildman–Crippen MR) is 135 cm³/mol. The van der Waals surface area contributed by atoms with Gasteiger partial charge in [0.2, 0.25) is 5.91 Å². The van der Waals surface area contributed by atoms with Crippen LogP contribution in [0.3, 0.4) is 0 Å². The SMILES string of the molecule is O=C(NC[C@H]1CCCN2CCCC[C@H]12)[C@H]1c2ccccc2C(=O)N(C[C@@H]2CCCO2)C12CCCC2. The molecule has 4 fully saturated rings. The van der Waals surface area contributed by atoms with Crippen LogP contribution >= 0.6 is 0 Å². The number of fused-ring (bicyclic) bond motifs is 2. The zero-order chi connectivity index (χ0) is 23.8. The summed E-state index contributed by atoms with van der Waals surface area (Å²) < 4.78 is 5.97. The molecule has 1 saturated carbocycles. The second kappa shape index (κ2) is 9.85. The third-order valence-corrected chi connectivity index (χ3v) is 9.73. The fraction of sp³-hybridized carbons (Fsp3) is 0.724. The molecular formula is C29H41N3O3. The molecule has 190 valence electrons. The Kier molecular flexibility index (Phi) is 6.61. The number of carbonyl (C=O) groups excluding carboxylic acids is 2. The first-order chi connectivity index (χ1) is 17.2. The molecule has 1 aromatic carbocycles. The fourth-order valence-electron chi connectivity index (χ4n) is 8.07. The molecule has 1 N–H and O–H groups in total. The molecule has 35 heavy (non-hydrogen) atoms. The van der Waals surface area contributed by atoms with Gasteiger partial charge in [-0.2, -0.15) is 0 Å². The van der Waals surface area contributed by atoms with Gasteiger partial charge >= 0.3 is 0 Å². The predicted octanol–water partition coefficient (Wildman–Crippen LogP) is 4.10. The Labute approximate surface area is 209 Å². The Bertz CT molecular complexity index is 935. The van der Waals surface area contributed by atoms with Gasteiger partial charge in [-0.3, -0.25) is 9.59 Å². The number of rotatable bonds is 5. The van der Waals surface area contributed by atoms with Gasteiger partial charge in [0.1, 0.15) is 0 Å². The highest BCUT2D eigenvalue weighted by atomic mass is 16.5. The van der Waals surface area contributed by atoms with Crippen molar-refractivity contribution in [2.45, 2.75) is 94.2 Å². The normalized spacial score (nSPS) is 32.5. The third-order valence-electron chi connectivity index (χ3n) is 9.73. The molecule has 0 aromatic heterocycles. The minimum Gasteiger partial charge on any atom is -0.376 e. The van der Waals surface area contributed by atoms with E-state index in [0.717, 1.165) is 57.2 Å². The molecule has 0 unspecified atom stereocenters. The Hall–Kier alpha value is -1.92. The van der Waals surface area contributed by atoms with Crippen LogP contribution in [0.5, 0.6) is 0 Å². The summed E-state index contributed by atoms with van der Waals surface area (Å²) in [4.78, 5) is 32.7. The van der Waals surface area contributed by atoms with E-state index in [2.05, 4.69) is 15.1 Å². The fourth-order valence-corrected chi connectivity index (χ4v) is 8.07. The zero-order valence-electron chi connectivity index (χ0n) is 21.1. The number of ether oxygens (including phenoxy) is 1. The van der Waals surface area contributed by atoms with Gasteiger partial charge in [-0.05, 0) is 82.0 Å². The minimum atomic E-state index is -0.426. The molecule has 6 nitrogen and oxygen atoms in total. The highest BCUT2D eigenvalue weighted by Crippen LogP contribution is 2.50. The molecule has 2 amide bonds. The molecule has 3 saturated heterocycles. The maximum Gasteiger partial charge on any atom is 0.254 e. The van der Waals surface area contributed by atoms with Crippen LogP contribution in [0, 0.1) is 5.92 Å². The summed E-state index contributed by atoms with van der Waals surface area (Å²) in [5.41, 5.74) is 1.22. The summed E-state index contributed by atoms with van der Waals surface area (Å²) in [6.45, 7) is 4.58. The van der Waals surface area contributed by atoms with E-state index < -0.39 is 5.54 Å². The van der Waals surface area contributed by atoms with E-state index in [-0.39, 0.29) is 23.8 Å². The molecule has 1 spiro atoms. The van der Waals surface area contributed by atoms with Gasteiger partial charge in [0.25, 0.3) is 5.91 Å². The molecule has 0 bridgehead atoms. The summed E-state index contributed by atoms with van der Waals surface area (Å²) in [6, 6.07) is 8.50. The molecular weight excluding hydrogens is 438 g/mol. The van der Waals surface area contributed by atoms with Gasteiger partial charge in [-0.15, -0.1) is 0 Å². The summed E-state index contributed by atoms with van der Waals surface area (Å²) >= 11 is 0. The first-order valence-electron chi connectivity index (χ1n) is 14.2. The summed E-state index contributed by atoms with van der Waals surface area (Å²) in [6.07, 6.45) is 12.4. The highest BCUT2D eigenvalue weighted by molar-refractivity contribution is 6.02.